The van der Waals surface area contributed by atoms with E-state index in [2.05, 4.69) is 20.9 Å². The van der Waals surface area contributed by atoms with Gasteiger partial charge in [-0.3, -0.25) is 9.78 Å². The van der Waals surface area contributed by atoms with Crippen molar-refractivity contribution in [3.63, 3.8) is 0 Å². The van der Waals surface area contributed by atoms with E-state index >= 15 is 0 Å². The minimum absolute atomic E-state index is 0.0572. The molecule has 86 valence electrons. The van der Waals surface area contributed by atoms with Gasteiger partial charge in [-0.15, -0.1) is 0 Å². The minimum Gasteiger partial charge on any atom is -0.294 e. The molecule has 0 amide bonds. The molecular weight excluding hydrogens is 278 g/mol. The first-order valence-electron chi connectivity index (χ1n) is 5.31. The molecule has 0 N–H and O–H groups in total. The Morgan fingerprint density at radius 1 is 1.24 bits per heavy atom. The second-order valence-electron chi connectivity index (χ2n) is 3.96. The van der Waals surface area contributed by atoms with Crippen molar-refractivity contribution in [2.75, 3.05) is 0 Å². The lowest BCUT2D eigenvalue weighted by atomic mass is 9.99. The van der Waals surface area contributed by atoms with Gasteiger partial charge in [0.2, 0.25) is 0 Å². The Kier molecular flexibility index (Phi) is 3.38. The molecule has 1 aromatic heterocycles. The lowest BCUT2D eigenvalue weighted by Crippen LogP contribution is -1.97. The average molecular weight is 290 g/mol. The SMILES string of the molecule is CC(=O)c1ccc(C)cc1-c1cc(Br)ccn1. The molecule has 0 bridgehead atoms. The van der Waals surface area contributed by atoms with Crippen LogP contribution < -0.4 is 0 Å². The highest BCUT2D eigenvalue weighted by Gasteiger charge is 2.10. The van der Waals surface area contributed by atoms with Gasteiger partial charge in [0.05, 0.1) is 5.69 Å². The van der Waals surface area contributed by atoms with Gasteiger partial charge >= 0.3 is 0 Å². The first-order valence-corrected chi connectivity index (χ1v) is 6.11. The lowest BCUT2D eigenvalue weighted by Gasteiger charge is -2.08. The van der Waals surface area contributed by atoms with Crippen LogP contribution in [0.2, 0.25) is 0 Å². The summed E-state index contributed by atoms with van der Waals surface area (Å²) in [6, 6.07) is 9.58. The van der Waals surface area contributed by atoms with Crippen LogP contribution in [0.5, 0.6) is 0 Å². The number of hydrogen-bond acceptors (Lipinski definition) is 2. The van der Waals surface area contributed by atoms with Gasteiger partial charge in [0.25, 0.3) is 0 Å². The number of carbonyl (C=O) groups is 1. The van der Waals surface area contributed by atoms with E-state index in [9.17, 15) is 4.79 Å². The molecule has 2 aromatic rings. The van der Waals surface area contributed by atoms with E-state index in [0.717, 1.165) is 21.3 Å². The fraction of sp³-hybridized carbons (Fsp3) is 0.143. The van der Waals surface area contributed by atoms with Crippen molar-refractivity contribution in [1.29, 1.82) is 0 Å². The highest BCUT2D eigenvalue weighted by atomic mass is 79.9. The molecule has 0 atom stereocenters. The highest BCUT2D eigenvalue weighted by Crippen LogP contribution is 2.25. The first-order chi connectivity index (χ1) is 8.08. The van der Waals surface area contributed by atoms with Crippen molar-refractivity contribution >= 4 is 21.7 Å². The summed E-state index contributed by atoms with van der Waals surface area (Å²) in [6.07, 6.45) is 1.73. The van der Waals surface area contributed by atoms with Gasteiger partial charge in [0.1, 0.15) is 0 Å². The van der Waals surface area contributed by atoms with E-state index in [0.29, 0.717) is 5.56 Å². The molecule has 3 heteroatoms. The van der Waals surface area contributed by atoms with Crippen LogP contribution in [-0.4, -0.2) is 10.8 Å². The van der Waals surface area contributed by atoms with Crippen LogP contribution in [0, 0.1) is 6.92 Å². The molecule has 0 radical (unpaired) electrons. The maximum atomic E-state index is 11.6. The molecule has 0 saturated heterocycles. The van der Waals surface area contributed by atoms with Gasteiger partial charge in [-0.25, -0.2) is 0 Å². The van der Waals surface area contributed by atoms with Crippen LogP contribution in [-0.2, 0) is 0 Å². The number of aromatic nitrogens is 1. The topological polar surface area (TPSA) is 30.0 Å². The fourth-order valence-corrected chi connectivity index (χ4v) is 2.06. The second-order valence-corrected chi connectivity index (χ2v) is 4.88. The van der Waals surface area contributed by atoms with Gasteiger partial charge < -0.3 is 0 Å². The number of carbonyl (C=O) groups excluding carboxylic acids is 1. The number of benzene rings is 1. The van der Waals surface area contributed by atoms with Crippen LogP contribution >= 0.6 is 15.9 Å². The molecule has 1 heterocycles. The molecule has 0 unspecified atom stereocenters. The molecule has 0 aliphatic heterocycles. The van der Waals surface area contributed by atoms with E-state index in [1.165, 1.54) is 0 Å². The molecule has 17 heavy (non-hydrogen) atoms. The number of ketones is 1. The van der Waals surface area contributed by atoms with Crippen LogP contribution in [0.4, 0.5) is 0 Å². The largest absolute Gasteiger partial charge is 0.294 e. The predicted molar refractivity (Wildman–Crippen MR) is 72.1 cm³/mol. The normalized spacial score (nSPS) is 10.3. The molecule has 0 spiro atoms. The van der Waals surface area contributed by atoms with Gasteiger partial charge in [-0.05, 0) is 32.0 Å². The number of rotatable bonds is 2. The Hall–Kier alpha value is -1.48. The lowest BCUT2D eigenvalue weighted by molar-refractivity contribution is 0.101. The van der Waals surface area contributed by atoms with Crippen molar-refractivity contribution < 1.29 is 4.79 Å². The van der Waals surface area contributed by atoms with E-state index < -0.39 is 0 Å². The Labute approximate surface area is 109 Å². The molecule has 0 aliphatic carbocycles. The zero-order valence-corrected chi connectivity index (χ0v) is 11.3. The quantitative estimate of drug-likeness (QED) is 0.782. The Bertz CT molecular complexity index is 578. The Balaban J connectivity index is 2.65. The van der Waals surface area contributed by atoms with Crippen LogP contribution in [0.25, 0.3) is 11.3 Å². The molecule has 2 rings (SSSR count). The summed E-state index contributed by atoms with van der Waals surface area (Å²) in [5.41, 5.74) is 3.53. The van der Waals surface area contributed by atoms with Crippen LogP contribution in [0.1, 0.15) is 22.8 Å². The van der Waals surface area contributed by atoms with E-state index in [1.54, 1.807) is 13.1 Å². The first kappa shape index (κ1) is 12.0. The van der Waals surface area contributed by atoms with Crippen molar-refractivity contribution in [3.05, 3.63) is 52.1 Å². The molecule has 0 saturated carbocycles. The smallest absolute Gasteiger partial charge is 0.160 e. The van der Waals surface area contributed by atoms with E-state index in [1.807, 2.05) is 37.3 Å². The Morgan fingerprint density at radius 2 is 2.00 bits per heavy atom. The Morgan fingerprint density at radius 3 is 2.65 bits per heavy atom. The van der Waals surface area contributed by atoms with Crippen LogP contribution in [0.15, 0.2) is 41.0 Å². The third kappa shape index (κ3) is 2.61. The van der Waals surface area contributed by atoms with Crippen molar-refractivity contribution in [1.82, 2.24) is 4.98 Å². The summed E-state index contributed by atoms with van der Waals surface area (Å²) in [5, 5.41) is 0. The number of halogens is 1. The number of Topliss-reactive ketones (excluding diaryl/α,β-unsaturated/α-hetero) is 1. The third-order valence-corrected chi connectivity index (χ3v) is 3.05. The summed E-state index contributed by atoms with van der Waals surface area (Å²) >= 11 is 3.41. The standard InChI is InChI=1S/C14H12BrNO/c1-9-3-4-12(10(2)17)13(7-9)14-8-11(15)5-6-16-14/h3-8H,1-2H3. The van der Waals surface area contributed by atoms with Crippen LogP contribution in [0.3, 0.4) is 0 Å². The van der Waals surface area contributed by atoms with E-state index in [4.69, 9.17) is 0 Å². The fourth-order valence-electron chi connectivity index (χ4n) is 1.73. The molecule has 1 aromatic carbocycles. The highest BCUT2D eigenvalue weighted by molar-refractivity contribution is 9.10. The van der Waals surface area contributed by atoms with Gasteiger partial charge in [-0.2, -0.15) is 0 Å². The van der Waals surface area contributed by atoms with Gasteiger partial charge in [0, 0.05) is 21.8 Å². The van der Waals surface area contributed by atoms with Gasteiger partial charge in [-0.1, -0.05) is 33.6 Å². The predicted octanol–water partition coefficient (Wildman–Crippen LogP) is 4.02. The number of hydrogen-bond donors (Lipinski definition) is 0. The maximum Gasteiger partial charge on any atom is 0.160 e. The molecular formula is C14H12BrNO. The zero-order chi connectivity index (χ0) is 12.4. The number of nitrogens with zero attached hydrogens (tertiary/aromatic N) is 1. The molecule has 2 nitrogen and oxygen atoms in total. The average Bonchev–Trinajstić information content (AvgIpc) is 2.28. The third-order valence-electron chi connectivity index (χ3n) is 2.55. The monoisotopic (exact) mass is 289 g/mol. The summed E-state index contributed by atoms with van der Waals surface area (Å²) in [6.45, 7) is 3.58. The van der Waals surface area contributed by atoms with Crippen molar-refractivity contribution in [2.24, 2.45) is 0 Å². The minimum atomic E-state index is 0.0572. The summed E-state index contributed by atoms with van der Waals surface area (Å²) < 4.78 is 0.957. The zero-order valence-electron chi connectivity index (χ0n) is 9.70. The van der Waals surface area contributed by atoms with Crippen molar-refractivity contribution in [3.8, 4) is 11.3 Å². The molecule has 0 aliphatic rings. The summed E-state index contributed by atoms with van der Waals surface area (Å²) in [7, 11) is 0. The van der Waals surface area contributed by atoms with Gasteiger partial charge in [0.15, 0.2) is 5.78 Å². The van der Waals surface area contributed by atoms with E-state index in [-0.39, 0.29) is 5.78 Å². The number of aryl methyl sites for hydroxylation is 1. The summed E-state index contributed by atoms with van der Waals surface area (Å²) in [5.74, 6) is 0.0572. The summed E-state index contributed by atoms with van der Waals surface area (Å²) in [4.78, 5) is 15.9. The number of pyridine rings is 1. The second kappa shape index (κ2) is 4.80. The maximum absolute atomic E-state index is 11.6. The molecule has 0 fully saturated rings. The van der Waals surface area contributed by atoms with Crippen molar-refractivity contribution in [2.45, 2.75) is 13.8 Å².